The standard InChI is InChI=1S/C17H13F2NO3/c1-23-17(22)15-8-11-14(3-2-4-16(11)21)20(15)9-10-5-6-12(18)13(19)7-10/h2-8,21H,9H2,1H3. The third-order valence-corrected chi connectivity index (χ3v) is 3.64. The van der Waals surface area contributed by atoms with Crippen molar-refractivity contribution in [3.8, 4) is 5.75 Å². The molecule has 0 fully saturated rings. The van der Waals surface area contributed by atoms with Gasteiger partial charge in [-0.05, 0) is 35.9 Å². The molecule has 0 unspecified atom stereocenters. The predicted octanol–water partition coefficient (Wildman–Crippen LogP) is 3.46. The number of ether oxygens (including phenoxy) is 1. The Bertz CT molecular complexity index is 902. The van der Waals surface area contributed by atoms with Crippen molar-refractivity contribution in [1.29, 1.82) is 0 Å². The molecule has 0 amide bonds. The average Bonchev–Trinajstić information content (AvgIpc) is 2.90. The van der Waals surface area contributed by atoms with E-state index in [1.807, 2.05) is 0 Å². The summed E-state index contributed by atoms with van der Waals surface area (Å²) in [4.78, 5) is 12.0. The second kappa shape index (κ2) is 5.72. The fourth-order valence-electron chi connectivity index (χ4n) is 2.53. The average molecular weight is 317 g/mol. The van der Waals surface area contributed by atoms with E-state index in [0.717, 1.165) is 12.1 Å². The highest BCUT2D eigenvalue weighted by molar-refractivity contribution is 5.97. The number of halogens is 2. The van der Waals surface area contributed by atoms with Crippen LogP contribution in [-0.4, -0.2) is 22.8 Å². The van der Waals surface area contributed by atoms with Crippen LogP contribution in [0.25, 0.3) is 10.9 Å². The van der Waals surface area contributed by atoms with Crippen LogP contribution in [0.15, 0.2) is 42.5 Å². The van der Waals surface area contributed by atoms with E-state index in [1.54, 1.807) is 16.7 Å². The number of nitrogens with zero attached hydrogens (tertiary/aromatic N) is 1. The minimum atomic E-state index is -0.957. The summed E-state index contributed by atoms with van der Waals surface area (Å²) in [5.41, 5.74) is 1.29. The van der Waals surface area contributed by atoms with E-state index in [0.29, 0.717) is 16.5 Å². The number of fused-ring (bicyclic) bond motifs is 1. The number of benzene rings is 2. The SMILES string of the molecule is COC(=O)c1cc2c(O)cccc2n1Cc1ccc(F)c(F)c1. The number of phenolic OH excluding ortho intramolecular Hbond substituents is 1. The Morgan fingerprint density at radius 2 is 1.96 bits per heavy atom. The normalized spacial score (nSPS) is 10.9. The van der Waals surface area contributed by atoms with Gasteiger partial charge in [-0.2, -0.15) is 0 Å². The first-order chi connectivity index (χ1) is 11.0. The lowest BCUT2D eigenvalue weighted by atomic mass is 10.2. The van der Waals surface area contributed by atoms with Gasteiger partial charge in [0.2, 0.25) is 0 Å². The van der Waals surface area contributed by atoms with Gasteiger partial charge in [0.1, 0.15) is 11.4 Å². The van der Waals surface area contributed by atoms with Crippen molar-refractivity contribution in [1.82, 2.24) is 4.57 Å². The number of phenols is 1. The molecule has 0 saturated heterocycles. The van der Waals surface area contributed by atoms with Gasteiger partial charge in [-0.1, -0.05) is 12.1 Å². The van der Waals surface area contributed by atoms with Gasteiger partial charge >= 0.3 is 5.97 Å². The van der Waals surface area contributed by atoms with Crippen LogP contribution in [0, 0.1) is 11.6 Å². The predicted molar refractivity (Wildman–Crippen MR) is 80.4 cm³/mol. The van der Waals surface area contributed by atoms with Gasteiger partial charge in [0, 0.05) is 11.9 Å². The summed E-state index contributed by atoms with van der Waals surface area (Å²) in [5, 5.41) is 10.4. The van der Waals surface area contributed by atoms with Crippen molar-refractivity contribution < 1.29 is 23.4 Å². The van der Waals surface area contributed by atoms with Crippen LogP contribution in [-0.2, 0) is 11.3 Å². The van der Waals surface area contributed by atoms with Crippen molar-refractivity contribution in [2.45, 2.75) is 6.54 Å². The van der Waals surface area contributed by atoms with Crippen molar-refractivity contribution in [2.24, 2.45) is 0 Å². The number of hydrogen-bond acceptors (Lipinski definition) is 3. The third kappa shape index (κ3) is 2.63. The molecule has 1 aromatic heterocycles. The summed E-state index contributed by atoms with van der Waals surface area (Å²) in [6.45, 7) is 0.134. The maximum Gasteiger partial charge on any atom is 0.354 e. The number of carbonyl (C=O) groups excluding carboxylic acids is 1. The van der Waals surface area contributed by atoms with E-state index in [9.17, 15) is 18.7 Å². The highest BCUT2D eigenvalue weighted by Crippen LogP contribution is 2.29. The van der Waals surface area contributed by atoms with Crippen LogP contribution in [0.4, 0.5) is 8.78 Å². The molecule has 0 bridgehead atoms. The number of rotatable bonds is 3. The summed E-state index contributed by atoms with van der Waals surface area (Å²) in [6.07, 6.45) is 0. The zero-order valence-electron chi connectivity index (χ0n) is 12.2. The molecule has 0 radical (unpaired) electrons. The molecule has 0 atom stereocenters. The molecule has 3 rings (SSSR count). The van der Waals surface area contributed by atoms with Crippen LogP contribution >= 0.6 is 0 Å². The van der Waals surface area contributed by atoms with E-state index in [4.69, 9.17) is 4.74 Å². The Morgan fingerprint density at radius 3 is 2.65 bits per heavy atom. The smallest absolute Gasteiger partial charge is 0.354 e. The Balaban J connectivity index is 2.16. The fraction of sp³-hybridized carbons (Fsp3) is 0.118. The molecule has 0 aliphatic heterocycles. The van der Waals surface area contributed by atoms with Crippen molar-refractivity contribution in [3.63, 3.8) is 0 Å². The molecule has 4 nitrogen and oxygen atoms in total. The number of carbonyl (C=O) groups is 1. The van der Waals surface area contributed by atoms with Crippen LogP contribution in [0.3, 0.4) is 0 Å². The summed E-state index contributed by atoms with van der Waals surface area (Å²) in [6, 6.07) is 9.92. The van der Waals surface area contributed by atoms with Crippen molar-refractivity contribution >= 4 is 16.9 Å². The quantitative estimate of drug-likeness (QED) is 0.753. The van der Waals surface area contributed by atoms with Crippen LogP contribution < -0.4 is 0 Å². The van der Waals surface area contributed by atoms with Gasteiger partial charge < -0.3 is 14.4 Å². The fourth-order valence-corrected chi connectivity index (χ4v) is 2.53. The van der Waals surface area contributed by atoms with E-state index < -0.39 is 17.6 Å². The molecule has 0 spiro atoms. The number of methoxy groups -OCH3 is 1. The second-order valence-electron chi connectivity index (χ2n) is 5.07. The number of aromatic nitrogens is 1. The number of aromatic hydroxyl groups is 1. The molecule has 0 aliphatic carbocycles. The summed E-state index contributed by atoms with van der Waals surface area (Å²) < 4.78 is 32.8. The summed E-state index contributed by atoms with van der Waals surface area (Å²) in [7, 11) is 1.25. The van der Waals surface area contributed by atoms with E-state index in [1.165, 1.54) is 25.3 Å². The molecule has 6 heteroatoms. The maximum absolute atomic E-state index is 13.4. The van der Waals surface area contributed by atoms with Gasteiger partial charge in [-0.25, -0.2) is 13.6 Å². The lowest BCUT2D eigenvalue weighted by molar-refractivity contribution is 0.0589. The maximum atomic E-state index is 13.4. The Morgan fingerprint density at radius 1 is 1.17 bits per heavy atom. The minimum Gasteiger partial charge on any atom is -0.507 e. The van der Waals surface area contributed by atoms with Gasteiger partial charge in [0.25, 0.3) is 0 Å². The van der Waals surface area contributed by atoms with Gasteiger partial charge in [-0.3, -0.25) is 0 Å². The highest BCUT2D eigenvalue weighted by Gasteiger charge is 2.18. The zero-order chi connectivity index (χ0) is 16.6. The monoisotopic (exact) mass is 317 g/mol. The number of hydrogen-bond donors (Lipinski definition) is 1. The first-order valence-corrected chi connectivity index (χ1v) is 6.84. The Hall–Kier alpha value is -2.89. The molecule has 1 heterocycles. The Labute approximate surface area is 130 Å². The molecule has 3 aromatic rings. The van der Waals surface area contributed by atoms with Crippen molar-refractivity contribution in [2.75, 3.05) is 7.11 Å². The minimum absolute atomic E-state index is 0.0247. The third-order valence-electron chi connectivity index (χ3n) is 3.64. The van der Waals surface area contributed by atoms with Gasteiger partial charge in [0.05, 0.1) is 12.6 Å². The second-order valence-corrected chi connectivity index (χ2v) is 5.07. The first-order valence-electron chi connectivity index (χ1n) is 6.84. The molecule has 1 N–H and O–H groups in total. The van der Waals surface area contributed by atoms with E-state index >= 15 is 0 Å². The van der Waals surface area contributed by atoms with Crippen LogP contribution in [0.2, 0.25) is 0 Å². The molecule has 2 aromatic carbocycles. The van der Waals surface area contributed by atoms with Gasteiger partial charge in [0.15, 0.2) is 11.6 Å². The Kier molecular flexibility index (Phi) is 3.73. The lowest BCUT2D eigenvalue weighted by Crippen LogP contribution is -2.11. The van der Waals surface area contributed by atoms with E-state index in [-0.39, 0.29) is 18.0 Å². The number of esters is 1. The molecular formula is C17H13F2NO3. The van der Waals surface area contributed by atoms with Crippen molar-refractivity contribution in [3.05, 3.63) is 65.4 Å². The largest absolute Gasteiger partial charge is 0.507 e. The van der Waals surface area contributed by atoms with Gasteiger partial charge in [-0.15, -0.1) is 0 Å². The van der Waals surface area contributed by atoms with E-state index in [2.05, 4.69) is 0 Å². The molecule has 0 aliphatic rings. The summed E-state index contributed by atoms with van der Waals surface area (Å²) >= 11 is 0. The zero-order valence-corrected chi connectivity index (χ0v) is 12.2. The van der Waals surface area contributed by atoms with Crippen LogP contribution in [0.5, 0.6) is 5.75 Å². The highest BCUT2D eigenvalue weighted by atomic mass is 19.2. The molecule has 0 saturated carbocycles. The first kappa shape index (κ1) is 15.0. The molecule has 118 valence electrons. The molecular weight excluding hydrogens is 304 g/mol. The van der Waals surface area contributed by atoms with Crippen LogP contribution in [0.1, 0.15) is 16.1 Å². The summed E-state index contributed by atoms with van der Waals surface area (Å²) in [5.74, 6) is -2.45. The topological polar surface area (TPSA) is 51.5 Å². The lowest BCUT2D eigenvalue weighted by Gasteiger charge is -2.10. The molecule has 23 heavy (non-hydrogen) atoms.